The summed E-state index contributed by atoms with van der Waals surface area (Å²) >= 11 is 1.47. The third kappa shape index (κ3) is 2.56. The fourth-order valence-corrected chi connectivity index (χ4v) is 2.87. The van der Waals surface area contributed by atoms with Crippen LogP contribution in [0.2, 0.25) is 0 Å². The van der Waals surface area contributed by atoms with Crippen LogP contribution in [0.4, 0.5) is 4.79 Å². The van der Waals surface area contributed by atoms with Gasteiger partial charge in [-0.3, -0.25) is 0 Å². The molecule has 0 aromatic carbocycles. The van der Waals surface area contributed by atoms with E-state index in [0.717, 1.165) is 12.1 Å². The van der Waals surface area contributed by atoms with Gasteiger partial charge >= 0.3 is 12.0 Å². The van der Waals surface area contributed by atoms with Crippen LogP contribution in [-0.2, 0) is 11.3 Å². The van der Waals surface area contributed by atoms with Crippen molar-refractivity contribution in [1.29, 1.82) is 0 Å². The first kappa shape index (κ1) is 13.8. The van der Waals surface area contributed by atoms with E-state index in [1.807, 2.05) is 5.38 Å². The SMILES string of the molecule is CN(Cc1cscn1)C(=O)N1CCCC1(C)C(=O)O. The molecule has 2 heterocycles. The predicted molar refractivity (Wildman–Crippen MR) is 71.0 cm³/mol. The third-order valence-electron chi connectivity index (χ3n) is 3.54. The first-order valence-corrected chi connectivity index (χ1v) is 7.02. The molecule has 104 valence electrons. The largest absolute Gasteiger partial charge is 0.480 e. The molecule has 1 aromatic heterocycles. The number of amides is 2. The molecule has 1 unspecified atom stereocenters. The average Bonchev–Trinajstić information content (AvgIpc) is 2.98. The standard InChI is InChI=1S/C12H17N3O3S/c1-12(10(16)17)4-3-5-15(12)11(18)14(2)6-9-7-19-8-13-9/h7-8H,3-6H2,1-2H3,(H,16,17). The number of carbonyl (C=O) groups is 2. The van der Waals surface area contributed by atoms with Crippen LogP contribution >= 0.6 is 11.3 Å². The molecule has 19 heavy (non-hydrogen) atoms. The van der Waals surface area contributed by atoms with Gasteiger partial charge in [0.15, 0.2) is 0 Å². The van der Waals surface area contributed by atoms with Gasteiger partial charge in [0.2, 0.25) is 0 Å². The number of nitrogens with zero attached hydrogens (tertiary/aromatic N) is 3. The van der Waals surface area contributed by atoms with Gasteiger partial charge in [-0.25, -0.2) is 14.6 Å². The van der Waals surface area contributed by atoms with Gasteiger partial charge in [0.05, 0.1) is 17.7 Å². The van der Waals surface area contributed by atoms with Crippen molar-refractivity contribution in [2.45, 2.75) is 31.8 Å². The van der Waals surface area contributed by atoms with Crippen molar-refractivity contribution in [2.75, 3.05) is 13.6 Å². The molecule has 2 rings (SSSR count). The molecule has 0 aliphatic carbocycles. The molecule has 0 spiro atoms. The number of likely N-dealkylation sites (tertiary alicyclic amines) is 1. The second-order valence-corrected chi connectivity index (χ2v) is 5.67. The minimum Gasteiger partial charge on any atom is -0.480 e. The molecule has 1 N–H and O–H groups in total. The molecule has 0 radical (unpaired) electrons. The Morgan fingerprint density at radius 1 is 1.63 bits per heavy atom. The number of hydrogen-bond donors (Lipinski definition) is 1. The summed E-state index contributed by atoms with van der Waals surface area (Å²) in [6, 6.07) is -0.254. The highest BCUT2D eigenvalue weighted by Crippen LogP contribution is 2.30. The van der Waals surface area contributed by atoms with Gasteiger partial charge in [-0.05, 0) is 19.8 Å². The second kappa shape index (κ2) is 5.16. The van der Waals surface area contributed by atoms with Crippen LogP contribution in [-0.4, -0.2) is 51.0 Å². The minimum atomic E-state index is -1.09. The summed E-state index contributed by atoms with van der Waals surface area (Å²) in [7, 11) is 1.67. The summed E-state index contributed by atoms with van der Waals surface area (Å²) in [6.07, 6.45) is 1.22. The lowest BCUT2D eigenvalue weighted by Crippen LogP contribution is -2.54. The van der Waals surface area contributed by atoms with E-state index in [1.165, 1.54) is 21.1 Å². The quantitative estimate of drug-likeness (QED) is 0.915. The molecule has 2 amide bonds. The summed E-state index contributed by atoms with van der Waals surface area (Å²) in [6.45, 7) is 2.49. The molecule has 0 saturated carbocycles. The van der Waals surface area contributed by atoms with Gasteiger partial charge in [0, 0.05) is 19.0 Å². The van der Waals surface area contributed by atoms with Gasteiger partial charge in [-0.1, -0.05) is 0 Å². The number of carboxylic acids is 1. The van der Waals surface area contributed by atoms with Crippen LogP contribution in [0.15, 0.2) is 10.9 Å². The van der Waals surface area contributed by atoms with Crippen LogP contribution in [0.5, 0.6) is 0 Å². The number of urea groups is 1. The Kier molecular flexibility index (Phi) is 3.75. The van der Waals surface area contributed by atoms with Gasteiger partial charge in [0.1, 0.15) is 5.54 Å². The maximum absolute atomic E-state index is 12.4. The Balaban J connectivity index is 2.08. The molecule has 1 aliphatic rings. The van der Waals surface area contributed by atoms with Crippen LogP contribution in [0, 0.1) is 0 Å². The zero-order valence-corrected chi connectivity index (χ0v) is 11.8. The van der Waals surface area contributed by atoms with E-state index in [2.05, 4.69) is 4.98 Å². The zero-order valence-electron chi connectivity index (χ0n) is 11.0. The van der Waals surface area contributed by atoms with E-state index < -0.39 is 11.5 Å². The van der Waals surface area contributed by atoms with Gasteiger partial charge in [0.25, 0.3) is 0 Å². The van der Waals surface area contributed by atoms with Crippen LogP contribution in [0.25, 0.3) is 0 Å². The van der Waals surface area contributed by atoms with Crippen molar-refractivity contribution in [1.82, 2.24) is 14.8 Å². The number of aromatic nitrogens is 1. The predicted octanol–water partition coefficient (Wildman–Crippen LogP) is 1.63. The van der Waals surface area contributed by atoms with Gasteiger partial charge in [-0.2, -0.15) is 0 Å². The van der Waals surface area contributed by atoms with Crippen molar-refractivity contribution in [3.63, 3.8) is 0 Å². The molecular formula is C12H17N3O3S. The van der Waals surface area contributed by atoms with E-state index in [1.54, 1.807) is 19.5 Å². The highest BCUT2D eigenvalue weighted by atomic mass is 32.1. The molecule has 1 fully saturated rings. The van der Waals surface area contributed by atoms with E-state index in [0.29, 0.717) is 19.5 Å². The lowest BCUT2D eigenvalue weighted by molar-refractivity contribution is -0.147. The Labute approximate surface area is 115 Å². The lowest BCUT2D eigenvalue weighted by atomic mass is 10.00. The third-order valence-corrected chi connectivity index (χ3v) is 4.18. The Morgan fingerprint density at radius 2 is 2.37 bits per heavy atom. The Morgan fingerprint density at radius 3 is 2.95 bits per heavy atom. The van der Waals surface area contributed by atoms with Crippen LogP contribution < -0.4 is 0 Å². The van der Waals surface area contributed by atoms with E-state index >= 15 is 0 Å². The number of rotatable bonds is 3. The topological polar surface area (TPSA) is 73.7 Å². The molecule has 0 bridgehead atoms. The monoisotopic (exact) mass is 283 g/mol. The summed E-state index contributed by atoms with van der Waals surface area (Å²) < 4.78 is 0. The number of carbonyl (C=O) groups excluding carboxylic acids is 1. The van der Waals surface area contributed by atoms with Crippen LogP contribution in [0.3, 0.4) is 0 Å². The van der Waals surface area contributed by atoms with E-state index in [-0.39, 0.29) is 6.03 Å². The van der Waals surface area contributed by atoms with E-state index in [4.69, 9.17) is 0 Å². The number of aliphatic carboxylic acids is 1. The lowest BCUT2D eigenvalue weighted by Gasteiger charge is -2.34. The van der Waals surface area contributed by atoms with Crippen molar-refractivity contribution in [3.8, 4) is 0 Å². The summed E-state index contributed by atoms with van der Waals surface area (Å²) in [4.78, 5) is 30.8. The van der Waals surface area contributed by atoms with Crippen molar-refractivity contribution in [3.05, 3.63) is 16.6 Å². The fourth-order valence-electron chi connectivity index (χ4n) is 2.32. The normalized spacial score (nSPS) is 22.5. The van der Waals surface area contributed by atoms with Crippen LogP contribution in [0.1, 0.15) is 25.5 Å². The Bertz CT molecular complexity index is 477. The van der Waals surface area contributed by atoms with Crippen molar-refractivity contribution in [2.24, 2.45) is 0 Å². The maximum Gasteiger partial charge on any atom is 0.329 e. The molecule has 6 nitrogen and oxygen atoms in total. The molecule has 7 heteroatoms. The summed E-state index contributed by atoms with van der Waals surface area (Å²) in [5.74, 6) is -0.944. The number of carboxylic acid groups (broad SMARTS) is 1. The molecule has 1 saturated heterocycles. The molecule has 1 atom stereocenters. The van der Waals surface area contributed by atoms with Gasteiger partial charge < -0.3 is 14.9 Å². The average molecular weight is 283 g/mol. The molecular weight excluding hydrogens is 266 g/mol. The van der Waals surface area contributed by atoms with Crippen molar-refractivity contribution < 1.29 is 14.7 Å². The number of hydrogen-bond acceptors (Lipinski definition) is 4. The first-order chi connectivity index (χ1) is 8.95. The smallest absolute Gasteiger partial charge is 0.329 e. The molecule has 1 aliphatic heterocycles. The maximum atomic E-state index is 12.4. The summed E-state index contributed by atoms with van der Waals surface area (Å²) in [5, 5.41) is 11.2. The minimum absolute atomic E-state index is 0.254. The van der Waals surface area contributed by atoms with Crippen molar-refractivity contribution >= 4 is 23.3 Å². The first-order valence-electron chi connectivity index (χ1n) is 6.08. The zero-order chi connectivity index (χ0) is 14.0. The van der Waals surface area contributed by atoms with E-state index in [9.17, 15) is 14.7 Å². The highest BCUT2D eigenvalue weighted by Gasteiger charge is 2.46. The second-order valence-electron chi connectivity index (χ2n) is 4.95. The summed E-state index contributed by atoms with van der Waals surface area (Å²) in [5.41, 5.74) is 1.44. The fraction of sp³-hybridized carbons (Fsp3) is 0.583. The Hall–Kier alpha value is -1.63. The highest BCUT2D eigenvalue weighted by molar-refractivity contribution is 7.07. The molecule has 1 aromatic rings. The van der Waals surface area contributed by atoms with Gasteiger partial charge in [-0.15, -0.1) is 11.3 Å². The number of thiazole rings is 1.